The molecule has 0 fully saturated rings. The first-order chi connectivity index (χ1) is 9.60. The Hall–Kier alpha value is -1.30. The number of imidazole rings is 1. The predicted octanol–water partition coefficient (Wildman–Crippen LogP) is 5.20. The number of nitrogens with zero attached hydrogens (tertiary/aromatic N) is 1. The zero-order valence-corrected chi connectivity index (χ0v) is 12.9. The summed E-state index contributed by atoms with van der Waals surface area (Å²) in [5.74, 6) is -0.458. The van der Waals surface area contributed by atoms with Crippen molar-refractivity contribution in [2.45, 2.75) is 4.90 Å². The van der Waals surface area contributed by atoms with E-state index in [0.717, 1.165) is 11.2 Å². The smallest absolute Gasteiger partial charge is 0.182 e. The zero-order chi connectivity index (χ0) is 14.3. The topological polar surface area (TPSA) is 20.7 Å². The van der Waals surface area contributed by atoms with Gasteiger partial charge in [0.15, 0.2) is 4.77 Å². The molecule has 0 unspecified atom stereocenters. The summed E-state index contributed by atoms with van der Waals surface area (Å²) in [6.45, 7) is 0. The summed E-state index contributed by atoms with van der Waals surface area (Å²) in [5.41, 5.74) is 2.31. The second-order valence-electron chi connectivity index (χ2n) is 4.25. The lowest BCUT2D eigenvalue weighted by molar-refractivity contribution is 0.630. The van der Waals surface area contributed by atoms with Gasteiger partial charge in [-0.3, -0.25) is 4.57 Å². The van der Waals surface area contributed by atoms with Gasteiger partial charge in [-0.25, -0.2) is 4.39 Å². The number of H-pyrrole nitrogens is 1. The molecule has 0 atom stereocenters. The van der Waals surface area contributed by atoms with E-state index < -0.39 is 5.82 Å². The molecule has 0 aliphatic heterocycles. The average molecular weight is 325 g/mol. The van der Waals surface area contributed by atoms with E-state index in [2.05, 4.69) is 4.98 Å². The van der Waals surface area contributed by atoms with Gasteiger partial charge in [-0.05, 0) is 48.8 Å². The van der Waals surface area contributed by atoms with E-state index in [1.54, 1.807) is 17.8 Å². The van der Waals surface area contributed by atoms with Crippen molar-refractivity contribution in [3.63, 3.8) is 0 Å². The molecule has 0 saturated carbocycles. The maximum atomic E-state index is 13.5. The molecule has 0 spiro atoms. The summed E-state index contributed by atoms with van der Waals surface area (Å²) < 4.78 is 15.9. The van der Waals surface area contributed by atoms with Gasteiger partial charge in [-0.15, -0.1) is 11.8 Å². The van der Waals surface area contributed by atoms with Crippen LogP contribution >= 0.6 is 35.6 Å². The lowest BCUT2D eigenvalue weighted by atomic mass is 10.2. The van der Waals surface area contributed by atoms with Crippen LogP contribution in [0.4, 0.5) is 4.39 Å². The molecule has 0 bridgehead atoms. The standard InChI is InChI=1S/C14H10ClFN2S2/c1-20-9-4-2-8(3-5-9)18-13-6-10(15)11(16)7-12(13)17-14(18)19/h2-7H,1H3,(H,17,19). The van der Waals surface area contributed by atoms with Crippen LogP contribution in [-0.2, 0) is 0 Å². The number of thioether (sulfide) groups is 1. The number of aromatic amines is 1. The Morgan fingerprint density at radius 3 is 2.60 bits per heavy atom. The van der Waals surface area contributed by atoms with Crippen LogP contribution in [0.15, 0.2) is 41.3 Å². The molecule has 1 N–H and O–H groups in total. The summed E-state index contributed by atoms with van der Waals surface area (Å²) in [6.07, 6.45) is 2.02. The highest BCUT2D eigenvalue weighted by atomic mass is 35.5. The Balaban J connectivity index is 2.26. The van der Waals surface area contributed by atoms with E-state index in [9.17, 15) is 4.39 Å². The number of hydrogen-bond acceptors (Lipinski definition) is 2. The van der Waals surface area contributed by atoms with Crippen LogP contribution in [0, 0.1) is 10.6 Å². The summed E-state index contributed by atoms with van der Waals surface area (Å²) in [5, 5.41) is 0.0842. The summed E-state index contributed by atoms with van der Waals surface area (Å²) in [4.78, 5) is 4.17. The van der Waals surface area contributed by atoms with Crippen molar-refractivity contribution in [2.24, 2.45) is 0 Å². The van der Waals surface area contributed by atoms with E-state index in [-0.39, 0.29) is 5.02 Å². The molecular weight excluding hydrogens is 315 g/mol. The van der Waals surface area contributed by atoms with Gasteiger partial charge in [0.2, 0.25) is 0 Å². The molecule has 0 aliphatic carbocycles. The molecule has 3 rings (SSSR count). The SMILES string of the molecule is CSc1ccc(-n2c(=S)[nH]c3cc(F)c(Cl)cc32)cc1. The number of halogens is 2. The van der Waals surface area contributed by atoms with Crippen molar-refractivity contribution < 1.29 is 4.39 Å². The molecule has 3 aromatic rings. The third kappa shape index (κ3) is 2.26. The molecule has 20 heavy (non-hydrogen) atoms. The minimum absolute atomic E-state index is 0.0842. The average Bonchev–Trinajstić information content (AvgIpc) is 2.75. The maximum absolute atomic E-state index is 13.5. The molecule has 0 saturated heterocycles. The Kier molecular flexibility index (Phi) is 3.58. The van der Waals surface area contributed by atoms with Crippen LogP contribution in [0.25, 0.3) is 16.7 Å². The fourth-order valence-electron chi connectivity index (χ4n) is 2.09. The second-order valence-corrected chi connectivity index (χ2v) is 5.92. The first-order valence-electron chi connectivity index (χ1n) is 5.84. The first kappa shape index (κ1) is 13.7. The second kappa shape index (κ2) is 5.24. The van der Waals surface area contributed by atoms with Gasteiger partial charge in [-0.2, -0.15) is 0 Å². The van der Waals surface area contributed by atoms with E-state index in [0.29, 0.717) is 10.3 Å². The number of nitrogens with one attached hydrogen (secondary N) is 1. The van der Waals surface area contributed by atoms with Gasteiger partial charge in [-0.1, -0.05) is 11.6 Å². The van der Waals surface area contributed by atoms with Crippen molar-refractivity contribution in [1.29, 1.82) is 0 Å². The van der Waals surface area contributed by atoms with Gasteiger partial charge in [0.1, 0.15) is 5.82 Å². The van der Waals surface area contributed by atoms with Crippen molar-refractivity contribution in [3.8, 4) is 5.69 Å². The quantitative estimate of drug-likeness (QED) is 0.516. The van der Waals surface area contributed by atoms with Crippen LogP contribution in [-0.4, -0.2) is 15.8 Å². The lowest BCUT2D eigenvalue weighted by Gasteiger charge is -2.06. The molecule has 0 amide bonds. The molecule has 2 nitrogen and oxygen atoms in total. The van der Waals surface area contributed by atoms with Crippen molar-refractivity contribution in [3.05, 3.63) is 52.0 Å². The summed E-state index contributed by atoms with van der Waals surface area (Å²) in [6, 6.07) is 10.9. The van der Waals surface area contributed by atoms with Gasteiger partial charge < -0.3 is 4.98 Å². The number of aromatic nitrogens is 2. The molecule has 1 heterocycles. The molecule has 0 aliphatic rings. The van der Waals surface area contributed by atoms with Gasteiger partial charge in [0.25, 0.3) is 0 Å². The fraction of sp³-hybridized carbons (Fsp3) is 0.0714. The van der Waals surface area contributed by atoms with Crippen LogP contribution in [0.1, 0.15) is 0 Å². The minimum Gasteiger partial charge on any atom is -0.330 e. The molecule has 102 valence electrons. The predicted molar refractivity (Wildman–Crippen MR) is 85.2 cm³/mol. The van der Waals surface area contributed by atoms with E-state index >= 15 is 0 Å². The normalized spacial score (nSPS) is 11.2. The summed E-state index contributed by atoms with van der Waals surface area (Å²) >= 11 is 12.9. The Morgan fingerprint density at radius 1 is 1.25 bits per heavy atom. The zero-order valence-electron chi connectivity index (χ0n) is 10.5. The molecule has 2 aromatic carbocycles. The van der Waals surface area contributed by atoms with Gasteiger partial charge in [0.05, 0.1) is 16.1 Å². The van der Waals surface area contributed by atoms with Crippen LogP contribution in [0.3, 0.4) is 0 Å². The third-order valence-corrected chi connectivity index (χ3v) is 4.37. The maximum Gasteiger partial charge on any atom is 0.182 e. The Labute approximate surface area is 129 Å². The van der Waals surface area contributed by atoms with Crippen LogP contribution in [0.5, 0.6) is 0 Å². The summed E-state index contributed by atoms with van der Waals surface area (Å²) in [7, 11) is 0. The monoisotopic (exact) mass is 324 g/mol. The number of rotatable bonds is 2. The number of fused-ring (bicyclic) bond motifs is 1. The van der Waals surface area contributed by atoms with E-state index in [1.165, 1.54) is 11.0 Å². The third-order valence-electron chi connectivity index (χ3n) is 3.05. The number of hydrogen-bond donors (Lipinski definition) is 1. The molecule has 1 aromatic heterocycles. The van der Waals surface area contributed by atoms with Gasteiger partial charge in [0, 0.05) is 16.6 Å². The van der Waals surface area contributed by atoms with Crippen LogP contribution < -0.4 is 0 Å². The molecular formula is C14H10ClFN2S2. The van der Waals surface area contributed by atoms with Crippen LogP contribution in [0.2, 0.25) is 5.02 Å². The highest BCUT2D eigenvalue weighted by Crippen LogP contribution is 2.26. The Morgan fingerprint density at radius 2 is 1.95 bits per heavy atom. The van der Waals surface area contributed by atoms with Crippen molar-refractivity contribution in [1.82, 2.24) is 9.55 Å². The highest BCUT2D eigenvalue weighted by molar-refractivity contribution is 7.98. The van der Waals surface area contributed by atoms with Crippen molar-refractivity contribution >= 4 is 46.6 Å². The molecule has 6 heteroatoms. The molecule has 0 radical (unpaired) electrons. The largest absolute Gasteiger partial charge is 0.330 e. The minimum atomic E-state index is -0.458. The highest BCUT2D eigenvalue weighted by Gasteiger charge is 2.10. The van der Waals surface area contributed by atoms with Crippen molar-refractivity contribution in [2.75, 3.05) is 6.26 Å². The Bertz CT molecular complexity index is 837. The first-order valence-corrected chi connectivity index (χ1v) is 7.85. The van der Waals surface area contributed by atoms with Gasteiger partial charge >= 0.3 is 0 Å². The number of benzene rings is 2. The fourth-order valence-corrected chi connectivity index (χ4v) is 2.97. The van der Waals surface area contributed by atoms with E-state index in [1.807, 2.05) is 35.1 Å². The lowest BCUT2D eigenvalue weighted by Crippen LogP contribution is -1.93. The van der Waals surface area contributed by atoms with E-state index in [4.69, 9.17) is 23.8 Å².